The molecule has 1 amide bonds. The van der Waals surface area contributed by atoms with Crippen molar-refractivity contribution in [2.24, 2.45) is 0 Å². The Hall–Kier alpha value is -1.99. The Balaban J connectivity index is 1.91. The summed E-state index contributed by atoms with van der Waals surface area (Å²) >= 11 is 5.62. The molecule has 0 unspecified atom stereocenters. The minimum absolute atomic E-state index is 0.122. The number of sulfonamides is 1. The van der Waals surface area contributed by atoms with Crippen molar-refractivity contribution in [3.8, 4) is 0 Å². The van der Waals surface area contributed by atoms with E-state index < -0.39 is 21.7 Å². The van der Waals surface area contributed by atoms with Gasteiger partial charge < -0.3 is 0 Å². The Morgan fingerprint density at radius 2 is 1.96 bits per heavy atom. The van der Waals surface area contributed by atoms with E-state index in [0.717, 1.165) is 0 Å². The molecular weight excluding hydrogens is 343 g/mol. The summed E-state index contributed by atoms with van der Waals surface area (Å²) in [6, 6.07) is 9.02. The third-order valence-electron chi connectivity index (χ3n) is 2.99. The lowest BCUT2D eigenvalue weighted by Gasteiger charge is -2.07. The van der Waals surface area contributed by atoms with Crippen LogP contribution in [0.5, 0.6) is 0 Å². The molecule has 1 N–H and O–H groups in total. The molecule has 23 heavy (non-hydrogen) atoms. The molecule has 0 spiro atoms. The van der Waals surface area contributed by atoms with Gasteiger partial charge in [-0.15, -0.1) is 0 Å². The minimum Gasteiger partial charge on any atom is -0.274 e. The molecule has 0 aliphatic rings. The van der Waals surface area contributed by atoms with Crippen LogP contribution in [0.4, 0.5) is 4.39 Å². The van der Waals surface area contributed by atoms with Crippen molar-refractivity contribution in [2.45, 2.75) is 18.6 Å². The van der Waals surface area contributed by atoms with Crippen LogP contribution >= 0.6 is 11.6 Å². The first-order chi connectivity index (χ1) is 10.9. The number of amides is 1. The first-order valence-electron chi connectivity index (χ1n) is 6.73. The molecule has 0 radical (unpaired) electrons. The number of nitrogens with one attached hydrogen (secondary N) is 1. The number of benzene rings is 1. The van der Waals surface area contributed by atoms with E-state index in [0.29, 0.717) is 11.1 Å². The Kier molecular flexibility index (Phi) is 5.68. The van der Waals surface area contributed by atoms with Gasteiger partial charge in [0.15, 0.2) is 0 Å². The van der Waals surface area contributed by atoms with Gasteiger partial charge in [0.05, 0.1) is 5.75 Å². The molecular formula is C15H14ClFN2O3S. The van der Waals surface area contributed by atoms with Crippen LogP contribution in [0.1, 0.15) is 17.5 Å². The second-order valence-corrected chi connectivity index (χ2v) is 6.97. The summed E-state index contributed by atoms with van der Waals surface area (Å²) in [5, 5.41) is 0.250. The molecule has 0 bridgehead atoms. The zero-order valence-corrected chi connectivity index (χ0v) is 13.6. The van der Waals surface area contributed by atoms with Gasteiger partial charge >= 0.3 is 0 Å². The fraction of sp³-hybridized carbons (Fsp3) is 0.200. The van der Waals surface area contributed by atoms with Gasteiger partial charge in [-0.1, -0.05) is 35.9 Å². The predicted octanol–water partition coefficient (Wildman–Crippen LogP) is 2.45. The maximum atomic E-state index is 13.4. The van der Waals surface area contributed by atoms with E-state index in [4.69, 9.17) is 11.6 Å². The Morgan fingerprint density at radius 3 is 2.61 bits per heavy atom. The topological polar surface area (TPSA) is 76.1 Å². The van der Waals surface area contributed by atoms with Gasteiger partial charge in [0.25, 0.3) is 0 Å². The smallest absolute Gasteiger partial charge is 0.239 e. The summed E-state index contributed by atoms with van der Waals surface area (Å²) in [7, 11) is -3.84. The van der Waals surface area contributed by atoms with Crippen LogP contribution in [0.15, 0.2) is 42.6 Å². The second kappa shape index (κ2) is 7.52. The minimum atomic E-state index is -3.84. The average molecular weight is 357 g/mol. The summed E-state index contributed by atoms with van der Waals surface area (Å²) in [6.07, 6.45) is 1.32. The van der Waals surface area contributed by atoms with E-state index in [1.807, 2.05) is 4.72 Å². The number of carbonyl (C=O) groups excluding carboxylic acids is 1. The average Bonchev–Trinajstić information content (AvgIpc) is 2.48. The number of aryl methyl sites for hydroxylation is 1. The van der Waals surface area contributed by atoms with Crippen molar-refractivity contribution < 1.29 is 17.6 Å². The predicted molar refractivity (Wildman–Crippen MR) is 84.7 cm³/mol. The highest BCUT2D eigenvalue weighted by atomic mass is 35.5. The fourth-order valence-corrected chi connectivity index (χ4v) is 3.16. The zero-order valence-electron chi connectivity index (χ0n) is 12.0. The Labute approximate surface area is 138 Å². The van der Waals surface area contributed by atoms with Crippen molar-refractivity contribution in [3.05, 3.63) is 64.7 Å². The number of rotatable bonds is 6. The van der Waals surface area contributed by atoms with Crippen molar-refractivity contribution >= 4 is 27.5 Å². The van der Waals surface area contributed by atoms with Crippen molar-refractivity contribution in [3.63, 3.8) is 0 Å². The van der Waals surface area contributed by atoms with Gasteiger partial charge in [-0.3, -0.25) is 9.52 Å². The number of hydrogen-bond acceptors (Lipinski definition) is 4. The van der Waals surface area contributed by atoms with E-state index in [1.54, 1.807) is 18.2 Å². The molecule has 1 heterocycles. The maximum Gasteiger partial charge on any atom is 0.239 e. The molecule has 122 valence electrons. The lowest BCUT2D eigenvalue weighted by molar-refractivity contribution is -0.119. The van der Waals surface area contributed by atoms with Crippen LogP contribution in [-0.2, 0) is 27.0 Å². The molecule has 0 saturated heterocycles. The van der Waals surface area contributed by atoms with Crippen LogP contribution in [0, 0.1) is 5.82 Å². The summed E-state index contributed by atoms with van der Waals surface area (Å²) < 4.78 is 39.2. The normalized spacial score (nSPS) is 11.2. The number of carbonyl (C=O) groups is 1. The highest BCUT2D eigenvalue weighted by Crippen LogP contribution is 2.10. The molecule has 0 aliphatic heterocycles. The molecule has 2 aromatic rings. The van der Waals surface area contributed by atoms with E-state index >= 15 is 0 Å². The Morgan fingerprint density at radius 1 is 1.22 bits per heavy atom. The number of hydrogen-bond donors (Lipinski definition) is 1. The number of pyridine rings is 1. The highest BCUT2D eigenvalue weighted by Gasteiger charge is 2.16. The molecule has 0 aliphatic carbocycles. The first kappa shape index (κ1) is 17.4. The molecule has 0 fully saturated rings. The third kappa shape index (κ3) is 5.61. The van der Waals surface area contributed by atoms with Gasteiger partial charge in [0.2, 0.25) is 15.9 Å². The van der Waals surface area contributed by atoms with Crippen molar-refractivity contribution in [1.82, 2.24) is 9.71 Å². The molecule has 0 atom stereocenters. The second-order valence-electron chi connectivity index (χ2n) is 4.86. The summed E-state index contributed by atoms with van der Waals surface area (Å²) in [6.45, 7) is 0. The molecule has 8 heteroatoms. The summed E-state index contributed by atoms with van der Waals surface area (Å²) in [5.41, 5.74) is 0.769. The van der Waals surface area contributed by atoms with Crippen LogP contribution in [0.2, 0.25) is 5.15 Å². The number of aromatic nitrogens is 1. The van der Waals surface area contributed by atoms with Gasteiger partial charge in [-0.2, -0.15) is 0 Å². The SMILES string of the molecule is O=C(CCc1ccccc1F)NS(=O)(=O)Cc1ccc(Cl)nc1. The monoisotopic (exact) mass is 356 g/mol. The van der Waals surface area contributed by atoms with Crippen molar-refractivity contribution in [2.75, 3.05) is 0 Å². The molecule has 0 saturated carbocycles. The van der Waals surface area contributed by atoms with Crippen molar-refractivity contribution in [1.29, 1.82) is 0 Å². The standard InChI is InChI=1S/C15H14ClFN2O3S/c16-14-7-5-11(9-18-14)10-23(21,22)19-15(20)8-6-12-3-1-2-4-13(12)17/h1-5,7,9H,6,8,10H2,(H,19,20). The molecule has 2 rings (SSSR count). The first-order valence-corrected chi connectivity index (χ1v) is 8.76. The maximum absolute atomic E-state index is 13.4. The number of halogens is 2. The lowest BCUT2D eigenvalue weighted by Crippen LogP contribution is -2.31. The Bertz CT molecular complexity index is 795. The zero-order chi connectivity index (χ0) is 16.9. The van der Waals surface area contributed by atoms with Crippen LogP contribution in [0.25, 0.3) is 0 Å². The highest BCUT2D eigenvalue weighted by molar-refractivity contribution is 7.89. The van der Waals surface area contributed by atoms with Crippen LogP contribution in [-0.4, -0.2) is 19.3 Å². The van der Waals surface area contributed by atoms with E-state index in [1.165, 1.54) is 24.4 Å². The summed E-state index contributed by atoms with van der Waals surface area (Å²) in [4.78, 5) is 15.5. The third-order valence-corrected chi connectivity index (χ3v) is 4.47. The van der Waals surface area contributed by atoms with Crippen LogP contribution in [0.3, 0.4) is 0 Å². The lowest BCUT2D eigenvalue weighted by atomic mass is 10.1. The van der Waals surface area contributed by atoms with Gasteiger partial charge in [0, 0.05) is 12.6 Å². The largest absolute Gasteiger partial charge is 0.274 e. The van der Waals surface area contributed by atoms with Gasteiger partial charge in [0.1, 0.15) is 11.0 Å². The molecule has 1 aromatic heterocycles. The molecule has 1 aromatic carbocycles. The van der Waals surface area contributed by atoms with E-state index in [-0.39, 0.29) is 23.7 Å². The number of nitrogens with zero attached hydrogens (tertiary/aromatic N) is 1. The van der Waals surface area contributed by atoms with E-state index in [9.17, 15) is 17.6 Å². The molecule has 5 nitrogen and oxygen atoms in total. The summed E-state index contributed by atoms with van der Waals surface area (Å²) in [5.74, 6) is -1.49. The quantitative estimate of drug-likeness (QED) is 0.807. The van der Waals surface area contributed by atoms with Gasteiger partial charge in [-0.05, 0) is 29.7 Å². The van der Waals surface area contributed by atoms with Gasteiger partial charge in [-0.25, -0.2) is 17.8 Å². The van der Waals surface area contributed by atoms with E-state index in [2.05, 4.69) is 4.98 Å². The fourth-order valence-electron chi connectivity index (χ4n) is 1.92. The van der Waals surface area contributed by atoms with Crippen LogP contribution < -0.4 is 4.72 Å².